The minimum absolute atomic E-state index is 0.301. The van der Waals surface area contributed by atoms with Crippen LogP contribution in [0.1, 0.15) is 12.8 Å². The summed E-state index contributed by atoms with van der Waals surface area (Å²) in [6.07, 6.45) is -5.36. The number of hydrogen-bond donors (Lipinski definition) is 0. The largest absolute Gasteiger partial charge is 0.247 e. The van der Waals surface area contributed by atoms with Crippen molar-refractivity contribution in [1.82, 2.24) is 0 Å². The van der Waals surface area contributed by atoms with E-state index in [-0.39, 0.29) is 6.42 Å². The SMILES string of the molecule is [O]CCC(F)CC(F)F. The molecule has 55 valence electrons. The van der Waals surface area contributed by atoms with Crippen LogP contribution in [0.2, 0.25) is 0 Å². The second-order valence-electron chi connectivity index (χ2n) is 1.72. The third-order valence-corrected chi connectivity index (χ3v) is 0.865. The highest BCUT2D eigenvalue weighted by Crippen LogP contribution is 2.09. The van der Waals surface area contributed by atoms with Gasteiger partial charge in [-0.3, -0.25) is 0 Å². The van der Waals surface area contributed by atoms with Gasteiger partial charge in [0.15, 0.2) is 0 Å². The van der Waals surface area contributed by atoms with E-state index in [1.165, 1.54) is 0 Å². The molecule has 0 amide bonds. The van der Waals surface area contributed by atoms with Crippen LogP contribution in [0, 0.1) is 0 Å². The molecule has 0 rings (SSSR count). The molecule has 0 fully saturated rings. The second-order valence-corrected chi connectivity index (χ2v) is 1.72. The van der Waals surface area contributed by atoms with E-state index in [1.54, 1.807) is 0 Å². The van der Waals surface area contributed by atoms with Gasteiger partial charge in [0.05, 0.1) is 6.61 Å². The van der Waals surface area contributed by atoms with Crippen LogP contribution in [0.4, 0.5) is 13.2 Å². The first-order valence-electron chi connectivity index (χ1n) is 2.67. The van der Waals surface area contributed by atoms with Crippen molar-refractivity contribution in [2.75, 3.05) is 6.61 Å². The molecule has 0 bridgehead atoms. The minimum atomic E-state index is -2.63. The molecular formula is C5H8F3O. The van der Waals surface area contributed by atoms with Crippen molar-refractivity contribution in [2.45, 2.75) is 25.4 Å². The molecule has 0 aromatic carbocycles. The molecule has 4 heteroatoms. The highest BCUT2D eigenvalue weighted by Gasteiger charge is 2.12. The summed E-state index contributed by atoms with van der Waals surface area (Å²) in [5.41, 5.74) is 0. The lowest BCUT2D eigenvalue weighted by Crippen LogP contribution is -2.07. The Morgan fingerprint density at radius 3 is 2.11 bits per heavy atom. The Balaban J connectivity index is 3.15. The molecule has 0 heterocycles. The summed E-state index contributed by atoms with van der Waals surface area (Å²) in [7, 11) is 0. The van der Waals surface area contributed by atoms with E-state index in [0.29, 0.717) is 0 Å². The number of rotatable bonds is 4. The molecular weight excluding hydrogens is 133 g/mol. The molecule has 1 radical (unpaired) electrons. The molecule has 1 atom stereocenters. The summed E-state index contributed by atoms with van der Waals surface area (Å²) in [4.78, 5) is 0. The number of halogens is 3. The van der Waals surface area contributed by atoms with Crippen molar-refractivity contribution >= 4 is 0 Å². The third kappa shape index (κ3) is 5.62. The molecule has 1 unspecified atom stereocenters. The van der Waals surface area contributed by atoms with Gasteiger partial charge < -0.3 is 0 Å². The van der Waals surface area contributed by atoms with E-state index >= 15 is 0 Å². The summed E-state index contributed by atoms with van der Waals surface area (Å²) in [6.45, 7) is -0.617. The van der Waals surface area contributed by atoms with Gasteiger partial charge >= 0.3 is 0 Å². The van der Waals surface area contributed by atoms with Crippen LogP contribution in [0.15, 0.2) is 0 Å². The van der Waals surface area contributed by atoms with E-state index < -0.39 is 25.6 Å². The van der Waals surface area contributed by atoms with Crippen molar-refractivity contribution < 1.29 is 18.3 Å². The topological polar surface area (TPSA) is 19.9 Å². The van der Waals surface area contributed by atoms with Gasteiger partial charge in [-0.2, -0.15) is 0 Å². The van der Waals surface area contributed by atoms with Gasteiger partial charge in [-0.1, -0.05) is 0 Å². The second kappa shape index (κ2) is 4.61. The fourth-order valence-electron chi connectivity index (χ4n) is 0.439. The predicted octanol–water partition coefficient (Wildman–Crippen LogP) is 1.80. The van der Waals surface area contributed by atoms with Crippen molar-refractivity contribution in [1.29, 1.82) is 0 Å². The Morgan fingerprint density at radius 1 is 1.22 bits per heavy atom. The van der Waals surface area contributed by atoms with E-state index in [2.05, 4.69) is 0 Å². The molecule has 0 aliphatic heterocycles. The molecule has 9 heavy (non-hydrogen) atoms. The smallest absolute Gasteiger partial charge is 0.241 e. The lowest BCUT2D eigenvalue weighted by atomic mass is 10.2. The highest BCUT2D eigenvalue weighted by atomic mass is 19.3. The van der Waals surface area contributed by atoms with Gasteiger partial charge in [-0.15, -0.1) is 0 Å². The fraction of sp³-hybridized carbons (Fsp3) is 1.00. The van der Waals surface area contributed by atoms with Crippen LogP contribution in [0.3, 0.4) is 0 Å². The van der Waals surface area contributed by atoms with Gasteiger partial charge in [0, 0.05) is 12.8 Å². The molecule has 0 aromatic rings. The van der Waals surface area contributed by atoms with Gasteiger partial charge in [-0.05, 0) is 0 Å². The Hall–Kier alpha value is -0.250. The molecule has 0 aliphatic rings. The first-order chi connectivity index (χ1) is 4.16. The zero-order valence-corrected chi connectivity index (χ0v) is 4.82. The third-order valence-electron chi connectivity index (χ3n) is 0.865. The molecule has 0 spiro atoms. The Bertz CT molecular complexity index is 67.2. The normalized spacial score (nSPS) is 14.3. The lowest BCUT2D eigenvalue weighted by Gasteiger charge is -2.02. The summed E-state index contributed by atoms with van der Waals surface area (Å²) in [5, 5.41) is 9.64. The van der Waals surface area contributed by atoms with Crippen LogP contribution in [0.25, 0.3) is 0 Å². The van der Waals surface area contributed by atoms with Gasteiger partial charge in [0.2, 0.25) is 6.43 Å². The first kappa shape index (κ1) is 8.75. The maximum Gasteiger partial charge on any atom is 0.241 e. The van der Waals surface area contributed by atoms with Crippen LogP contribution >= 0.6 is 0 Å². The summed E-state index contributed by atoms with van der Waals surface area (Å²) in [5.74, 6) is 0. The van der Waals surface area contributed by atoms with Crippen molar-refractivity contribution in [2.24, 2.45) is 0 Å². The molecule has 0 aromatic heterocycles. The molecule has 0 saturated heterocycles. The fourth-order valence-corrected chi connectivity index (χ4v) is 0.439. The summed E-state index contributed by atoms with van der Waals surface area (Å²) < 4.78 is 34.5. The Morgan fingerprint density at radius 2 is 1.78 bits per heavy atom. The monoisotopic (exact) mass is 141 g/mol. The first-order valence-corrected chi connectivity index (χ1v) is 2.67. The average molecular weight is 141 g/mol. The van der Waals surface area contributed by atoms with Crippen molar-refractivity contribution in [3.8, 4) is 0 Å². The summed E-state index contributed by atoms with van der Waals surface area (Å²) >= 11 is 0. The van der Waals surface area contributed by atoms with Gasteiger partial charge in [0.1, 0.15) is 6.17 Å². The number of hydrogen-bond acceptors (Lipinski definition) is 0. The molecule has 0 aliphatic carbocycles. The van der Waals surface area contributed by atoms with Gasteiger partial charge in [0.25, 0.3) is 0 Å². The van der Waals surface area contributed by atoms with Crippen molar-refractivity contribution in [3.63, 3.8) is 0 Å². The maximum absolute atomic E-state index is 12.0. The van der Waals surface area contributed by atoms with E-state index in [4.69, 9.17) is 0 Å². The average Bonchev–Trinajstić information content (AvgIpc) is 1.63. The van der Waals surface area contributed by atoms with E-state index in [9.17, 15) is 18.3 Å². The maximum atomic E-state index is 12.0. The van der Waals surface area contributed by atoms with Crippen molar-refractivity contribution in [3.05, 3.63) is 0 Å². The Kier molecular flexibility index (Phi) is 4.48. The number of alkyl halides is 3. The molecule has 1 nitrogen and oxygen atoms in total. The predicted molar refractivity (Wildman–Crippen MR) is 25.7 cm³/mol. The quantitative estimate of drug-likeness (QED) is 0.568. The summed E-state index contributed by atoms with van der Waals surface area (Å²) in [6, 6.07) is 0. The molecule has 0 N–H and O–H groups in total. The van der Waals surface area contributed by atoms with E-state index in [0.717, 1.165) is 0 Å². The van der Waals surface area contributed by atoms with E-state index in [1.807, 2.05) is 0 Å². The van der Waals surface area contributed by atoms with Crippen LogP contribution in [0.5, 0.6) is 0 Å². The van der Waals surface area contributed by atoms with Crippen LogP contribution in [-0.2, 0) is 5.11 Å². The highest BCUT2D eigenvalue weighted by molar-refractivity contribution is 4.55. The van der Waals surface area contributed by atoms with Gasteiger partial charge in [-0.25, -0.2) is 18.3 Å². The lowest BCUT2D eigenvalue weighted by molar-refractivity contribution is 0.0811. The van der Waals surface area contributed by atoms with Crippen LogP contribution < -0.4 is 0 Å². The zero-order chi connectivity index (χ0) is 7.28. The minimum Gasteiger partial charge on any atom is -0.247 e. The molecule has 0 saturated carbocycles. The standard InChI is InChI=1S/C5H8F3O/c6-4(1-2-9)3-5(7)8/h4-5H,1-3H2. The Labute approximate surface area is 51.5 Å². The zero-order valence-electron chi connectivity index (χ0n) is 4.82. The van der Waals surface area contributed by atoms with Crippen LogP contribution in [-0.4, -0.2) is 19.2 Å².